The molecule has 0 radical (unpaired) electrons. The molecule has 37 heavy (non-hydrogen) atoms. The first-order valence-corrected chi connectivity index (χ1v) is 12.4. The summed E-state index contributed by atoms with van der Waals surface area (Å²) >= 11 is 0. The zero-order valence-electron chi connectivity index (χ0n) is 21.9. The summed E-state index contributed by atoms with van der Waals surface area (Å²) in [5, 5.41) is 11.5. The SMILES string of the molecule is COc1ccccc1CN1C(=O)C(=O)/C(=C(/O)c2ccc(OCC(C)C)c(C)c2)C1c1ccccc1C. The first kappa shape index (κ1) is 26.0. The van der Waals surface area contributed by atoms with Gasteiger partial charge in [-0.15, -0.1) is 0 Å². The van der Waals surface area contributed by atoms with E-state index in [2.05, 4.69) is 13.8 Å². The molecule has 192 valence electrons. The number of likely N-dealkylation sites (tertiary alicyclic amines) is 1. The number of ketones is 1. The van der Waals surface area contributed by atoms with Crippen LogP contribution in [-0.2, 0) is 16.1 Å². The third-order valence-electron chi connectivity index (χ3n) is 6.58. The highest BCUT2D eigenvalue weighted by Gasteiger charge is 2.46. The minimum atomic E-state index is -0.747. The summed E-state index contributed by atoms with van der Waals surface area (Å²) in [6, 6.07) is 19.6. The standard InChI is InChI=1S/C31H33NO5/c1-19(2)18-37-25-15-14-22(16-21(25)4)29(33)27-28(24-12-8-6-10-20(24)3)32(31(35)30(27)34)17-23-11-7-9-13-26(23)36-5/h6-16,19,28,33H,17-18H2,1-5H3/b29-27+. The van der Waals surface area contributed by atoms with E-state index in [1.54, 1.807) is 25.3 Å². The zero-order valence-corrected chi connectivity index (χ0v) is 21.9. The van der Waals surface area contributed by atoms with Crippen LogP contribution in [0.25, 0.3) is 5.76 Å². The molecule has 4 rings (SSSR count). The number of aliphatic hydroxyl groups is 1. The molecule has 0 aromatic heterocycles. The molecular formula is C31H33NO5. The molecule has 1 aliphatic rings. The average molecular weight is 500 g/mol. The normalized spacial score (nSPS) is 16.9. The fourth-order valence-corrected chi connectivity index (χ4v) is 4.65. The summed E-state index contributed by atoms with van der Waals surface area (Å²) in [6.45, 7) is 8.71. The van der Waals surface area contributed by atoms with E-state index in [0.29, 0.717) is 23.8 Å². The monoisotopic (exact) mass is 499 g/mol. The smallest absolute Gasteiger partial charge is 0.295 e. The van der Waals surface area contributed by atoms with Crippen LogP contribution in [0.2, 0.25) is 0 Å². The van der Waals surface area contributed by atoms with Crippen molar-refractivity contribution in [2.75, 3.05) is 13.7 Å². The van der Waals surface area contributed by atoms with Crippen LogP contribution in [0, 0.1) is 19.8 Å². The largest absolute Gasteiger partial charge is 0.507 e. The Labute approximate surface area is 218 Å². The first-order chi connectivity index (χ1) is 17.7. The molecule has 6 heteroatoms. The molecule has 0 saturated carbocycles. The summed E-state index contributed by atoms with van der Waals surface area (Å²) in [5.41, 5.74) is 3.84. The molecule has 1 atom stereocenters. The molecule has 1 aliphatic heterocycles. The maximum atomic E-state index is 13.4. The maximum Gasteiger partial charge on any atom is 0.295 e. The van der Waals surface area contributed by atoms with Gasteiger partial charge in [0, 0.05) is 11.1 Å². The Bertz CT molecular complexity index is 1360. The maximum absolute atomic E-state index is 13.4. The van der Waals surface area contributed by atoms with Crippen molar-refractivity contribution in [2.24, 2.45) is 5.92 Å². The van der Waals surface area contributed by atoms with Crippen LogP contribution in [0.15, 0.2) is 72.3 Å². The molecule has 1 fully saturated rings. The lowest BCUT2D eigenvalue weighted by Crippen LogP contribution is -2.29. The molecule has 1 heterocycles. The minimum Gasteiger partial charge on any atom is -0.507 e. The molecule has 1 N–H and O–H groups in total. The quantitative estimate of drug-likeness (QED) is 0.235. The van der Waals surface area contributed by atoms with E-state index in [4.69, 9.17) is 9.47 Å². The van der Waals surface area contributed by atoms with Crippen molar-refractivity contribution >= 4 is 17.4 Å². The topological polar surface area (TPSA) is 76.1 Å². The van der Waals surface area contributed by atoms with Gasteiger partial charge in [0.15, 0.2) is 0 Å². The van der Waals surface area contributed by atoms with Crippen LogP contribution in [0.3, 0.4) is 0 Å². The van der Waals surface area contributed by atoms with Gasteiger partial charge in [-0.25, -0.2) is 0 Å². The Morgan fingerprint density at radius 3 is 2.32 bits per heavy atom. The third kappa shape index (κ3) is 5.24. The Hall–Kier alpha value is -4.06. The Morgan fingerprint density at radius 1 is 0.946 bits per heavy atom. The number of para-hydroxylation sites is 1. The molecule has 6 nitrogen and oxygen atoms in total. The number of methoxy groups -OCH3 is 1. The zero-order chi connectivity index (χ0) is 26.7. The summed E-state index contributed by atoms with van der Waals surface area (Å²) in [7, 11) is 1.57. The highest BCUT2D eigenvalue weighted by Crippen LogP contribution is 2.42. The summed E-state index contributed by atoms with van der Waals surface area (Å²) in [5.74, 6) is 0.152. The highest BCUT2D eigenvalue weighted by molar-refractivity contribution is 6.46. The lowest BCUT2D eigenvalue weighted by molar-refractivity contribution is -0.140. The number of ether oxygens (including phenoxy) is 2. The van der Waals surface area contributed by atoms with Gasteiger partial charge in [0.25, 0.3) is 11.7 Å². The van der Waals surface area contributed by atoms with Crippen molar-refractivity contribution < 1.29 is 24.2 Å². The van der Waals surface area contributed by atoms with Crippen LogP contribution < -0.4 is 9.47 Å². The summed E-state index contributed by atoms with van der Waals surface area (Å²) in [6.07, 6.45) is 0. The van der Waals surface area contributed by atoms with E-state index in [1.807, 2.05) is 62.4 Å². The minimum absolute atomic E-state index is 0.0736. The number of carbonyl (C=O) groups is 2. The van der Waals surface area contributed by atoms with Gasteiger partial charge in [-0.1, -0.05) is 56.3 Å². The van der Waals surface area contributed by atoms with E-state index in [-0.39, 0.29) is 17.9 Å². The number of amides is 1. The molecule has 1 unspecified atom stereocenters. The van der Waals surface area contributed by atoms with Crippen molar-refractivity contribution in [3.05, 3.63) is 100 Å². The van der Waals surface area contributed by atoms with E-state index >= 15 is 0 Å². The van der Waals surface area contributed by atoms with Crippen LogP contribution in [0.5, 0.6) is 11.5 Å². The molecular weight excluding hydrogens is 466 g/mol. The predicted octanol–water partition coefficient (Wildman–Crippen LogP) is 5.97. The van der Waals surface area contributed by atoms with Crippen molar-refractivity contribution in [1.82, 2.24) is 4.90 Å². The molecule has 3 aromatic rings. The van der Waals surface area contributed by atoms with Gasteiger partial charge in [-0.2, -0.15) is 0 Å². The van der Waals surface area contributed by atoms with Crippen molar-refractivity contribution in [3.8, 4) is 11.5 Å². The fourth-order valence-electron chi connectivity index (χ4n) is 4.65. The number of nitrogens with zero attached hydrogens (tertiary/aromatic N) is 1. The van der Waals surface area contributed by atoms with E-state index in [9.17, 15) is 14.7 Å². The number of hydrogen-bond donors (Lipinski definition) is 1. The fraction of sp³-hybridized carbons (Fsp3) is 0.290. The Morgan fingerprint density at radius 2 is 1.65 bits per heavy atom. The Kier molecular flexibility index (Phi) is 7.67. The molecule has 0 aliphatic carbocycles. The van der Waals surface area contributed by atoms with E-state index in [1.165, 1.54) is 4.90 Å². The number of rotatable bonds is 8. The predicted molar refractivity (Wildman–Crippen MR) is 144 cm³/mol. The number of carbonyl (C=O) groups excluding carboxylic acids is 2. The van der Waals surface area contributed by atoms with E-state index in [0.717, 1.165) is 28.0 Å². The van der Waals surface area contributed by atoms with Crippen LogP contribution in [0.1, 0.15) is 47.7 Å². The molecule has 3 aromatic carbocycles. The number of Topliss-reactive ketones (excluding diaryl/α,β-unsaturated/α-hetero) is 1. The van der Waals surface area contributed by atoms with Crippen molar-refractivity contribution in [3.63, 3.8) is 0 Å². The molecule has 0 spiro atoms. The van der Waals surface area contributed by atoms with Crippen LogP contribution in [0.4, 0.5) is 0 Å². The third-order valence-corrected chi connectivity index (χ3v) is 6.58. The number of hydrogen-bond acceptors (Lipinski definition) is 5. The highest BCUT2D eigenvalue weighted by atomic mass is 16.5. The van der Waals surface area contributed by atoms with Gasteiger partial charge in [-0.3, -0.25) is 9.59 Å². The second kappa shape index (κ2) is 10.9. The van der Waals surface area contributed by atoms with Gasteiger partial charge in [0.05, 0.1) is 31.9 Å². The number of aryl methyl sites for hydroxylation is 2. The second-order valence-electron chi connectivity index (χ2n) is 9.78. The lowest BCUT2D eigenvalue weighted by atomic mass is 9.92. The van der Waals surface area contributed by atoms with Gasteiger partial charge in [-0.05, 0) is 60.7 Å². The van der Waals surface area contributed by atoms with Crippen molar-refractivity contribution in [2.45, 2.75) is 40.3 Å². The summed E-state index contributed by atoms with van der Waals surface area (Å²) in [4.78, 5) is 28.3. The number of benzene rings is 3. The molecule has 0 bridgehead atoms. The van der Waals surface area contributed by atoms with E-state index < -0.39 is 17.7 Å². The van der Waals surface area contributed by atoms with Gasteiger partial charge in [0.2, 0.25) is 0 Å². The van der Waals surface area contributed by atoms with Crippen molar-refractivity contribution in [1.29, 1.82) is 0 Å². The molecule has 1 amide bonds. The number of aliphatic hydroxyl groups excluding tert-OH is 1. The lowest BCUT2D eigenvalue weighted by Gasteiger charge is -2.27. The first-order valence-electron chi connectivity index (χ1n) is 12.4. The van der Waals surface area contributed by atoms with Gasteiger partial charge >= 0.3 is 0 Å². The molecule has 1 saturated heterocycles. The average Bonchev–Trinajstić information content (AvgIpc) is 3.12. The summed E-state index contributed by atoms with van der Waals surface area (Å²) < 4.78 is 11.4. The van der Waals surface area contributed by atoms with Gasteiger partial charge < -0.3 is 19.5 Å². The van der Waals surface area contributed by atoms with Crippen LogP contribution in [-0.4, -0.2) is 35.4 Å². The second-order valence-corrected chi connectivity index (χ2v) is 9.78. The Balaban J connectivity index is 1.82. The van der Waals surface area contributed by atoms with Gasteiger partial charge in [0.1, 0.15) is 17.3 Å². The van der Waals surface area contributed by atoms with Crippen LogP contribution >= 0.6 is 0 Å².